The number of primary amides is 1. The fraction of sp³-hybridized carbons (Fsp3) is 0.167. The summed E-state index contributed by atoms with van der Waals surface area (Å²) >= 11 is 0. The van der Waals surface area contributed by atoms with Crippen molar-refractivity contribution < 1.29 is 27.9 Å². The van der Waals surface area contributed by atoms with Crippen LogP contribution in [0.25, 0.3) is 0 Å². The number of carbonyl (C=O) groups excluding carboxylic acids is 2. The summed E-state index contributed by atoms with van der Waals surface area (Å²) in [5, 5.41) is 13.2. The number of carboxylic acid groups (broad SMARTS) is 1. The highest BCUT2D eigenvalue weighted by Crippen LogP contribution is 2.12. The number of nitrogens with one attached hydrogen (secondary N) is 3. The minimum absolute atomic E-state index is 0.0196. The van der Waals surface area contributed by atoms with Crippen molar-refractivity contribution >= 4 is 33.6 Å². The molecule has 0 spiro atoms. The Morgan fingerprint density at radius 3 is 2.33 bits per heavy atom. The number of hydrazone groups is 1. The summed E-state index contributed by atoms with van der Waals surface area (Å²) < 4.78 is 27.4. The second-order valence-corrected chi connectivity index (χ2v) is 7.95. The van der Waals surface area contributed by atoms with E-state index in [1.165, 1.54) is 36.5 Å². The fourth-order valence-corrected chi connectivity index (χ4v) is 3.24. The molecule has 0 atom stereocenters. The lowest BCUT2D eigenvalue weighted by atomic mass is 10.2. The van der Waals surface area contributed by atoms with Gasteiger partial charge in [-0.05, 0) is 24.3 Å². The molecule has 0 unspecified atom stereocenters. The van der Waals surface area contributed by atoms with Gasteiger partial charge in [0.15, 0.2) is 5.84 Å². The number of rotatable bonds is 8. The first kappa shape index (κ1) is 27.0. The Bertz CT molecular complexity index is 1120. The summed E-state index contributed by atoms with van der Waals surface area (Å²) in [5.74, 6) is 8.58. The zero-order valence-electron chi connectivity index (χ0n) is 17.5. The van der Waals surface area contributed by atoms with Crippen molar-refractivity contribution in [3.8, 4) is 0 Å². The average Bonchev–Trinajstić information content (AvgIpc) is 2.77. The molecular weight excluding hydrogens is 456 g/mol. The predicted octanol–water partition coefficient (Wildman–Crippen LogP) is -2.05. The number of benzene rings is 1. The second-order valence-electron chi connectivity index (χ2n) is 6.18. The van der Waals surface area contributed by atoms with E-state index in [1.54, 1.807) is 6.07 Å². The zero-order valence-corrected chi connectivity index (χ0v) is 18.3. The van der Waals surface area contributed by atoms with E-state index in [2.05, 4.69) is 25.6 Å². The van der Waals surface area contributed by atoms with Crippen LogP contribution in [0.15, 0.2) is 52.6 Å². The number of aromatic nitrogens is 1. The number of pyridine rings is 1. The van der Waals surface area contributed by atoms with Gasteiger partial charge in [0.1, 0.15) is 0 Å². The maximum atomic E-state index is 12.5. The summed E-state index contributed by atoms with van der Waals surface area (Å²) in [6.45, 7) is 0.679. The minimum Gasteiger partial charge on any atom is -0.481 e. The van der Waals surface area contributed by atoms with Gasteiger partial charge < -0.3 is 27.4 Å². The van der Waals surface area contributed by atoms with Gasteiger partial charge in [-0.2, -0.15) is 5.10 Å². The van der Waals surface area contributed by atoms with Crippen LogP contribution in [0.3, 0.4) is 0 Å². The molecule has 0 saturated carbocycles. The molecule has 0 aliphatic rings. The van der Waals surface area contributed by atoms with Gasteiger partial charge in [0.05, 0.1) is 29.2 Å². The van der Waals surface area contributed by atoms with Crippen LogP contribution in [0.1, 0.15) is 28.5 Å². The molecule has 1 heterocycles. The quantitative estimate of drug-likeness (QED) is 0.0942. The first-order valence-electron chi connectivity index (χ1n) is 9.05. The molecule has 2 amide bonds. The number of amidine groups is 1. The maximum Gasteiger partial charge on any atom is 0.300 e. The Balaban J connectivity index is 0.00000125. The highest BCUT2D eigenvalue weighted by Gasteiger charge is 2.16. The van der Waals surface area contributed by atoms with E-state index in [1.807, 2.05) is 0 Å². The number of hydrazine groups is 1. The number of hydrogen-bond donors (Lipinski definition) is 7. The number of nitrogens with zero attached hydrogens (tertiary/aromatic N) is 2. The molecule has 0 saturated heterocycles. The van der Waals surface area contributed by atoms with Gasteiger partial charge in [-0.3, -0.25) is 19.4 Å². The Kier molecular flexibility index (Phi) is 10.4. The fourth-order valence-electron chi connectivity index (χ4n) is 2.19. The molecule has 33 heavy (non-hydrogen) atoms. The number of sulfonamides is 1. The second kappa shape index (κ2) is 12.7. The molecule has 0 bridgehead atoms. The highest BCUT2D eigenvalue weighted by molar-refractivity contribution is 7.89. The van der Waals surface area contributed by atoms with Gasteiger partial charge in [-0.1, -0.05) is 12.1 Å². The Morgan fingerprint density at radius 2 is 1.82 bits per heavy atom. The molecule has 2 rings (SSSR count). The molecule has 0 aliphatic carbocycles. The minimum atomic E-state index is -3.86. The molecule has 15 heteroatoms. The number of carboxylic acids is 1. The normalized spacial score (nSPS) is 11.0. The van der Waals surface area contributed by atoms with Gasteiger partial charge in [0.25, 0.3) is 11.9 Å². The number of amides is 2. The van der Waals surface area contributed by atoms with Gasteiger partial charge in [0, 0.05) is 18.7 Å². The van der Waals surface area contributed by atoms with Gasteiger partial charge in [-0.15, -0.1) is 0 Å². The number of carbonyl (C=O) groups is 3. The summed E-state index contributed by atoms with van der Waals surface area (Å²) in [4.78, 5) is 35.5. The van der Waals surface area contributed by atoms with Crippen LogP contribution >= 0.6 is 0 Å². The van der Waals surface area contributed by atoms with Crippen LogP contribution in [0, 0.1) is 0 Å². The molecular formula is C18H24N8O6S. The molecule has 10 N–H and O–H groups in total. The van der Waals surface area contributed by atoms with Crippen molar-refractivity contribution in [1.29, 1.82) is 0 Å². The van der Waals surface area contributed by atoms with Crippen molar-refractivity contribution in [2.45, 2.75) is 18.4 Å². The lowest BCUT2D eigenvalue weighted by molar-refractivity contribution is -0.134. The Morgan fingerprint density at radius 1 is 1.15 bits per heavy atom. The molecule has 0 aliphatic heterocycles. The predicted molar refractivity (Wildman–Crippen MR) is 118 cm³/mol. The number of hydrogen-bond acceptors (Lipinski definition) is 9. The molecule has 2 aromatic rings. The van der Waals surface area contributed by atoms with E-state index in [4.69, 9.17) is 27.3 Å². The van der Waals surface area contributed by atoms with Crippen LogP contribution in [0.2, 0.25) is 0 Å². The smallest absolute Gasteiger partial charge is 0.300 e. The first-order valence-corrected chi connectivity index (χ1v) is 10.5. The largest absolute Gasteiger partial charge is 0.481 e. The average molecular weight is 481 g/mol. The maximum absolute atomic E-state index is 12.5. The Hall–Kier alpha value is -4.08. The topological polar surface area (TPSA) is 245 Å². The highest BCUT2D eigenvalue weighted by atomic mass is 32.2. The summed E-state index contributed by atoms with van der Waals surface area (Å²) in [5.41, 5.74) is 8.20. The lowest BCUT2D eigenvalue weighted by Crippen LogP contribution is -2.33. The van der Waals surface area contributed by atoms with Gasteiger partial charge >= 0.3 is 0 Å². The third kappa shape index (κ3) is 9.30. The zero-order chi connectivity index (χ0) is 25.0. The number of nitrogens with two attached hydrogens (primary N) is 3. The van der Waals surface area contributed by atoms with Crippen molar-refractivity contribution in [2.24, 2.45) is 22.5 Å². The van der Waals surface area contributed by atoms with E-state index in [0.29, 0.717) is 11.3 Å². The van der Waals surface area contributed by atoms with Crippen molar-refractivity contribution in [2.75, 3.05) is 6.54 Å². The molecule has 14 nitrogen and oxygen atoms in total. The van der Waals surface area contributed by atoms with Gasteiger partial charge in [-0.25, -0.2) is 19.0 Å². The third-order valence-corrected chi connectivity index (χ3v) is 5.04. The van der Waals surface area contributed by atoms with E-state index >= 15 is 0 Å². The first-order chi connectivity index (χ1) is 15.5. The van der Waals surface area contributed by atoms with Crippen LogP contribution in [-0.2, 0) is 26.2 Å². The van der Waals surface area contributed by atoms with Crippen LogP contribution in [0.5, 0.6) is 0 Å². The van der Waals surface area contributed by atoms with E-state index in [0.717, 1.165) is 6.92 Å². The van der Waals surface area contributed by atoms with Crippen molar-refractivity contribution in [1.82, 2.24) is 20.4 Å². The summed E-state index contributed by atoms with van der Waals surface area (Å²) in [6, 6.07) is 8.79. The van der Waals surface area contributed by atoms with Crippen molar-refractivity contribution in [3.63, 3.8) is 0 Å². The lowest BCUT2D eigenvalue weighted by Gasteiger charge is -2.09. The summed E-state index contributed by atoms with van der Waals surface area (Å²) in [7, 11) is -3.86. The van der Waals surface area contributed by atoms with E-state index < -0.39 is 27.8 Å². The Labute approximate surface area is 189 Å². The molecule has 178 valence electrons. The standard InChI is InChI=1S/C16H20N8O4S.C2H4O2/c17-14(25)9-21-16(26)11-4-5-12(20-7-11)8-22-29(27,28)13-3-1-2-10(6-13)15(23-18)24-19;1-2(3)4/h1-7,22H,8-9,18-19H2,(H2,17,25)(H,21,26)(H,23,24);1H3,(H,3,4). The third-order valence-electron chi connectivity index (χ3n) is 3.64. The monoisotopic (exact) mass is 480 g/mol. The van der Waals surface area contributed by atoms with E-state index in [-0.39, 0.29) is 29.4 Å². The van der Waals surface area contributed by atoms with Crippen LogP contribution < -0.4 is 32.9 Å². The SMILES string of the molecule is CC(=O)O.N/N=C(\NN)c1cccc(S(=O)(=O)NCc2ccc(C(=O)NCC(N)=O)cn2)c1. The van der Waals surface area contributed by atoms with Crippen LogP contribution in [0.4, 0.5) is 0 Å². The molecule has 1 aromatic carbocycles. The number of aliphatic carboxylic acids is 1. The van der Waals surface area contributed by atoms with Crippen LogP contribution in [-0.4, -0.2) is 48.7 Å². The molecule has 1 aromatic heterocycles. The van der Waals surface area contributed by atoms with Gasteiger partial charge in [0.2, 0.25) is 15.9 Å². The molecule has 0 fully saturated rings. The molecule has 0 radical (unpaired) electrons. The van der Waals surface area contributed by atoms with Crippen molar-refractivity contribution in [3.05, 3.63) is 59.4 Å². The summed E-state index contributed by atoms with van der Waals surface area (Å²) in [6.07, 6.45) is 1.26. The van der Waals surface area contributed by atoms with E-state index in [9.17, 15) is 18.0 Å².